The van der Waals surface area contributed by atoms with E-state index in [0.717, 1.165) is 11.0 Å². The molecule has 1 aliphatic rings. The summed E-state index contributed by atoms with van der Waals surface area (Å²) in [5, 5.41) is 32.8. The molecule has 13 heteroatoms. The number of hydrogen-bond donors (Lipinski definition) is 4. The molecule has 0 spiro atoms. The lowest BCUT2D eigenvalue weighted by Gasteiger charge is -2.20. The first-order valence-corrected chi connectivity index (χ1v) is 8.74. The van der Waals surface area contributed by atoms with Crippen molar-refractivity contribution in [3.05, 3.63) is 12.2 Å². The molecule has 29 heavy (non-hydrogen) atoms. The van der Waals surface area contributed by atoms with E-state index in [9.17, 15) is 19.8 Å². The molecule has 1 saturated heterocycles. The largest absolute Gasteiger partial charge is 0.438 e. The molecule has 0 aliphatic carbocycles. The van der Waals surface area contributed by atoms with Crippen LogP contribution in [-0.2, 0) is 19.0 Å². The zero-order valence-electron chi connectivity index (χ0n) is 16.4. The summed E-state index contributed by atoms with van der Waals surface area (Å²) >= 11 is 0. The molecule has 0 radical (unpaired) electrons. The second kappa shape index (κ2) is 8.82. The molecule has 0 aromatic carbocycles. The number of aliphatic hydroxyl groups excluding tert-OH is 3. The van der Waals surface area contributed by atoms with Crippen LogP contribution in [-0.4, -0.2) is 79.2 Å². The number of amidine groups is 1. The predicted molar refractivity (Wildman–Crippen MR) is 95.2 cm³/mol. The standard InChI is InChI=1S/C16H25N5O8/c1-7(27-14(25)16(2,3)4)28-15(26)19-11(17)12-18-6-21(20-12)13-10(24)9(23)8(5-22)29-13/h6-10,13,22-24H,5H2,1-4H3,(H2,17,19,26). The first kappa shape index (κ1) is 22.7. The molecular weight excluding hydrogens is 390 g/mol. The van der Waals surface area contributed by atoms with Gasteiger partial charge in [0, 0.05) is 6.92 Å². The fourth-order valence-electron chi connectivity index (χ4n) is 2.28. The molecule has 2 rings (SSSR count). The number of ether oxygens (including phenoxy) is 3. The number of carbonyl (C=O) groups is 2. The molecule has 1 aromatic heterocycles. The number of aliphatic hydroxyl groups is 3. The fraction of sp³-hybridized carbons (Fsp3) is 0.688. The number of aromatic nitrogens is 3. The van der Waals surface area contributed by atoms with Crippen LogP contribution in [0, 0.1) is 5.41 Å². The average molecular weight is 415 g/mol. The quantitative estimate of drug-likeness (QED) is 0.193. The number of amides is 1. The van der Waals surface area contributed by atoms with Crippen molar-refractivity contribution in [1.82, 2.24) is 14.8 Å². The lowest BCUT2D eigenvalue weighted by Crippen LogP contribution is -2.33. The Balaban J connectivity index is 2.00. The van der Waals surface area contributed by atoms with Gasteiger partial charge in [0.15, 0.2) is 12.1 Å². The Labute approximate surface area is 166 Å². The smallest absolute Gasteiger partial charge is 0.425 e. The van der Waals surface area contributed by atoms with Gasteiger partial charge in [0.2, 0.25) is 12.1 Å². The summed E-state index contributed by atoms with van der Waals surface area (Å²) in [7, 11) is 0. The Morgan fingerprint density at radius 2 is 2.00 bits per heavy atom. The van der Waals surface area contributed by atoms with E-state index in [1.165, 1.54) is 6.92 Å². The van der Waals surface area contributed by atoms with Gasteiger partial charge in [-0.2, -0.15) is 4.99 Å². The van der Waals surface area contributed by atoms with Gasteiger partial charge in [-0.3, -0.25) is 4.79 Å². The highest BCUT2D eigenvalue weighted by Crippen LogP contribution is 2.28. The fourth-order valence-corrected chi connectivity index (χ4v) is 2.28. The van der Waals surface area contributed by atoms with Crippen LogP contribution in [0.4, 0.5) is 4.79 Å². The molecule has 162 valence electrons. The summed E-state index contributed by atoms with van der Waals surface area (Å²) in [5.41, 5.74) is 4.91. The second-order valence-electron chi connectivity index (χ2n) is 7.38. The van der Waals surface area contributed by atoms with Crippen molar-refractivity contribution in [3.63, 3.8) is 0 Å². The van der Waals surface area contributed by atoms with Crippen molar-refractivity contribution in [2.45, 2.75) is 58.5 Å². The van der Waals surface area contributed by atoms with Crippen molar-refractivity contribution >= 4 is 17.9 Å². The minimum Gasteiger partial charge on any atom is -0.425 e. The van der Waals surface area contributed by atoms with Gasteiger partial charge in [0.1, 0.15) is 24.6 Å². The van der Waals surface area contributed by atoms with E-state index >= 15 is 0 Å². The van der Waals surface area contributed by atoms with Crippen molar-refractivity contribution in [3.8, 4) is 0 Å². The molecule has 1 aliphatic heterocycles. The summed E-state index contributed by atoms with van der Waals surface area (Å²) in [6.07, 6.45) is -5.92. The molecule has 1 amide bonds. The molecule has 0 bridgehead atoms. The van der Waals surface area contributed by atoms with E-state index in [1.807, 2.05) is 0 Å². The number of aliphatic imine (C=N–C) groups is 1. The van der Waals surface area contributed by atoms with Crippen LogP contribution in [0.3, 0.4) is 0 Å². The molecule has 0 saturated carbocycles. The van der Waals surface area contributed by atoms with Crippen LogP contribution in [0.25, 0.3) is 0 Å². The maximum absolute atomic E-state index is 11.8. The van der Waals surface area contributed by atoms with Gasteiger partial charge in [0.25, 0.3) is 0 Å². The maximum atomic E-state index is 11.8. The van der Waals surface area contributed by atoms with Crippen molar-refractivity contribution in [2.24, 2.45) is 16.1 Å². The third-order valence-electron chi connectivity index (χ3n) is 3.88. The highest BCUT2D eigenvalue weighted by atomic mass is 16.7. The minimum atomic E-state index is -1.36. The molecule has 1 aromatic rings. The van der Waals surface area contributed by atoms with E-state index in [0.29, 0.717) is 0 Å². The summed E-state index contributed by atoms with van der Waals surface area (Å²) in [6.45, 7) is 5.80. The lowest BCUT2D eigenvalue weighted by molar-refractivity contribution is -0.174. The van der Waals surface area contributed by atoms with Crippen molar-refractivity contribution in [2.75, 3.05) is 6.61 Å². The third kappa shape index (κ3) is 5.47. The zero-order valence-corrected chi connectivity index (χ0v) is 16.4. The molecule has 13 nitrogen and oxygen atoms in total. The van der Waals surface area contributed by atoms with E-state index in [4.69, 9.17) is 25.1 Å². The zero-order chi connectivity index (χ0) is 21.9. The summed E-state index contributed by atoms with van der Waals surface area (Å²) in [5.74, 6) is -1.12. The van der Waals surface area contributed by atoms with Crippen LogP contribution in [0.1, 0.15) is 39.7 Å². The molecule has 2 heterocycles. The number of hydrogen-bond acceptors (Lipinski definition) is 10. The first-order chi connectivity index (χ1) is 13.4. The Hall–Kier alpha value is -2.61. The SMILES string of the molecule is CC(OC(=O)/N=C(\N)c1ncn(C2OC(CO)C(O)C2O)n1)OC(=O)C(C)(C)C. The topological polar surface area (TPSA) is 192 Å². The molecule has 5 atom stereocenters. The maximum Gasteiger partial charge on any atom is 0.438 e. The van der Waals surface area contributed by atoms with Crippen LogP contribution >= 0.6 is 0 Å². The van der Waals surface area contributed by atoms with Crippen LogP contribution in [0.2, 0.25) is 0 Å². The number of rotatable bonds is 5. The van der Waals surface area contributed by atoms with Gasteiger partial charge in [-0.15, -0.1) is 5.10 Å². The van der Waals surface area contributed by atoms with E-state index in [-0.39, 0.29) is 5.82 Å². The first-order valence-electron chi connectivity index (χ1n) is 8.74. The molecule has 5 N–H and O–H groups in total. The van der Waals surface area contributed by atoms with Crippen molar-refractivity contribution in [1.29, 1.82) is 0 Å². The van der Waals surface area contributed by atoms with Gasteiger partial charge in [0.05, 0.1) is 12.0 Å². The Kier molecular flexibility index (Phi) is 6.89. The number of esters is 1. The molecule has 5 unspecified atom stereocenters. The highest BCUT2D eigenvalue weighted by Gasteiger charge is 2.44. The lowest BCUT2D eigenvalue weighted by atomic mass is 9.97. The van der Waals surface area contributed by atoms with Crippen LogP contribution in [0.5, 0.6) is 0 Å². The number of carbonyl (C=O) groups excluding carboxylic acids is 2. The molecular formula is C16H25N5O8. The van der Waals surface area contributed by atoms with Gasteiger partial charge >= 0.3 is 12.1 Å². The normalized spacial score (nSPS) is 26.2. The van der Waals surface area contributed by atoms with Gasteiger partial charge in [-0.05, 0) is 20.8 Å². The summed E-state index contributed by atoms with van der Waals surface area (Å²) < 4.78 is 16.2. The Morgan fingerprint density at radius 1 is 1.34 bits per heavy atom. The number of nitrogens with zero attached hydrogens (tertiary/aromatic N) is 4. The third-order valence-corrected chi connectivity index (χ3v) is 3.88. The Bertz CT molecular complexity index is 774. The van der Waals surface area contributed by atoms with Gasteiger partial charge in [-0.1, -0.05) is 0 Å². The average Bonchev–Trinajstić information content (AvgIpc) is 3.20. The number of nitrogens with two attached hydrogens (primary N) is 1. The molecule has 1 fully saturated rings. The van der Waals surface area contributed by atoms with E-state index in [2.05, 4.69) is 15.1 Å². The highest BCUT2D eigenvalue weighted by molar-refractivity contribution is 6.00. The van der Waals surface area contributed by atoms with E-state index in [1.54, 1.807) is 20.8 Å². The van der Waals surface area contributed by atoms with Gasteiger partial charge in [-0.25, -0.2) is 14.5 Å². The summed E-state index contributed by atoms with van der Waals surface area (Å²) in [4.78, 5) is 30.9. The van der Waals surface area contributed by atoms with E-state index < -0.39 is 60.7 Å². The van der Waals surface area contributed by atoms with Crippen LogP contribution < -0.4 is 5.73 Å². The predicted octanol–water partition coefficient (Wildman–Crippen LogP) is -1.33. The monoisotopic (exact) mass is 415 g/mol. The van der Waals surface area contributed by atoms with Gasteiger partial charge < -0.3 is 35.3 Å². The summed E-state index contributed by atoms with van der Waals surface area (Å²) in [6, 6.07) is 0. The van der Waals surface area contributed by atoms with Crippen LogP contribution in [0.15, 0.2) is 11.3 Å². The van der Waals surface area contributed by atoms with Crippen molar-refractivity contribution < 1.29 is 39.1 Å². The minimum absolute atomic E-state index is 0.168. The second-order valence-corrected chi connectivity index (χ2v) is 7.38. The Morgan fingerprint density at radius 3 is 2.55 bits per heavy atom.